The molecule has 1 amide bonds. The first-order chi connectivity index (χ1) is 16.4. The molecule has 0 spiro atoms. The maximum absolute atomic E-state index is 13.1. The molecule has 2 heterocycles. The van der Waals surface area contributed by atoms with E-state index in [4.69, 9.17) is 9.47 Å². The van der Waals surface area contributed by atoms with Crippen molar-refractivity contribution in [2.75, 3.05) is 46.5 Å². The number of morpholine rings is 1. The van der Waals surface area contributed by atoms with Gasteiger partial charge in [0.25, 0.3) is 11.7 Å². The Hall–Kier alpha value is -3.36. The van der Waals surface area contributed by atoms with E-state index in [1.54, 1.807) is 37.4 Å². The number of aromatic hydroxyl groups is 1. The first kappa shape index (κ1) is 23.8. The van der Waals surface area contributed by atoms with Gasteiger partial charge in [-0.15, -0.1) is 0 Å². The van der Waals surface area contributed by atoms with Crippen molar-refractivity contribution in [2.24, 2.45) is 0 Å². The average Bonchev–Trinajstić information content (AvgIpc) is 3.09. The SMILES string of the molecule is COc1ccc(/C(O)=C2\C(=O)C(=O)N(CCCN3CCOCC3)C2c2ccc(O)cc2)cc1C. The number of aliphatic hydroxyl groups is 1. The number of benzene rings is 2. The van der Waals surface area contributed by atoms with Crippen molar-refractivity contribution in [3.63, 3.8) is 0 Å². The highest BCUT2D eigenvalue weighted by Gasteiger charge is 2.45. The molecule has 8 nitrogen and oxygen atoms in total. The van der Waals surface area contributed by atoms with Crippen molar-refractivity contribution in [3.8, 4) is 11.5 Å². The third-order valence-corrected chi connectivity index (χ3v) is 6.39. The summed E-state index contributed by atoms with van der Waals surface area (Å²) in [4.78, 5) is 30.0. The summed E-state index contributed by atoms with van der Waals surface area (Å²) in [5.74, 6) is -0.825. The van der Waals surface area contributed by atoms with Crippen LogP contribution in [0.15, 0.2) is 48.0 Å². The van der Waals surface area contributed by atoms with E-state index in [1.165, 1.54) is 17.0 Å². The molecule has 2 aliphatic heterocycles. The molecule has 180 valence electrons. The Morgan fingerprint density at radius 1 is 1.09 bits per heavy atom. The number of Topliss-reactive ketones (excluding diaryl/α,β-unsaturated/α-hetero) is 1. The predicted molar refractivity (Wildman–Crippen MR) is 127 cm³/mol. The summed E-state index contributed by atoms with van der Waals surface area (Å²) >= 11 is 0. The Labute approximate surface area is 199 Å². The molecule has 2 fully saturated rings. The molecule has 34 heavy (non-hydrogen) atoms. The van der Waals surface area contributed by atoms with Gasteiger partial charge in [-0.1, -0.05) is 12.1 Å². The highest BCUT2D eigenvalue weighted by atomic mass is 16.5. The molecule has 2 aliphatic rings. The number of rotatable bonds is 7. The van der Waals surface area contributed by atoms with Crippen LogP contribution < -0.4 is 4.74 Å². The van der Waals surface area contributed by atoms with Crippen LogP contribution in [0.3, 0.4) is 0 Å². The minimum Gasteiger partial charge on any atom is -0.508 e. The van der Waals surface area contributed by atoms with Crippen molar-refractivity contribution >= 4 is 17.4 Å². The Morgan fingerprint density at radius 3 is 2.44 bits per heavy atom. The summed E-state index contributed by atoms with van der Waals surface area (Å²) in [6, 6.07) is 10.8. The van der Waals surface area contributed by atoms with Crippen molar-refractivity contribution in [2.45, 2.75) is 19.4 Å². The number of carbonyl (C=O) groups excluding carboxylic acids is 2. The van der Waals surface area contributed by atoms with Crippen LogP contribution in [-0.2, 0) is 14.3 Å². The second-order valence-corrected chi connectivity index (χ2v) is 8.58. The van der Waals surface area contributed by atoms with Gasteiger partial charge < -0.3 is 24.6 Å². The summed E-state index contributed by atoms with van der Waals surface area (Å²) in [6.07, 6.45) is 0.684. The molecular formula is C26H30N2O6. The maximum Gasteiger partial charge on any atom is 0.295 e. The number of likely N-dealkylation sites (tertiary alicyclic amines) is 1. The number of methoxy groups -OCH3 is 1. The molecule has 2 N–H and O–H groups in total. The Kier molecular flexibility index (Phi) is 7.19. The normalized spacial score (nSPS) is 20.6. The van der Waals surface area contributed by atoms with E-state index < -0.39 is 17.7 Å². The molecule has 0 aliphatic carbocycles. The van der Waals surface area contributed by atoms with Gasteiger partial charge in [0, 0.05) is 31.7 Å². The van der Waals surface area contributed by atoms with E-state index in [0.717, 1.165) is 25.2 Å². The van der Waals surface area contributed by atoms with Gasteiger partial charge >= 0.3 is 0 Å². The van der Waals surface area contributed by atoms with E-state index in [1.807, 2.05) is 6.92 Å². The lowest BCUT2D eigenvalue weighted by Crippen LogP contribution is -2.38. The monoisotopic (exact) mass is 466 g/mol. The number of hydrogen-bond acceptors (Lipinski definition) is 7. The van der Waals surface area contributed by atoms with E-state index in [9.17, 15) is 19.8 Å². The molecule has 0 aromatic heterocycles. The molecule has 8 heteroatoms. The van der Waals surface area contributed by atoms with Crippen LogP contribution in [0, 0.1) is 6.92 Å². The van der Waals surface area contributed by atoms with Crippen LogP contribution in [-0.4, -0.2) is 78.2 Å². The van der Waals surface area contributed by atoms with Crippen LogP contribution in [0.2, 0.25) is 0 Å². The summed E-state index contributed by atoms with van der Waals surface area (Å²) in [5.41, 5.74) is 1.93. The summed E-state index contributed by atoms with van der Waals surface area (Å²) in [6.45, 7) is 6.07. The average molecular weight is 467 g/mol. The van der Waals surface area contributed by atoms with E-state index in [2.05, 4.69) is 4.90 Å². The van der Waals surface area contributed by atoms with Crippen LogP contribution in [0.1, 0.15) is 29.2 Å². The van der Waals surface area contributed by atoms with Crippen LogP contribution in [0.25, 0.3) is 5.76 Å². The molecule has 1 atom stereocenters. The Bertz CT molecular complexity index is 1090. The lowest BCUT2D eigenvalue weighted by molar-refractivity contribution is -0.140. The molecule has 2 saturated heterocycles. The van der Waals surface area contributed by atoms with Crippen molar-refractivity contribution in [1.29, 1.82) is 0 Å². The summed E-state index contributed by atoms with van der Waals surface area (Å²) < 4.78 is 10.7. The number of nitrogens with zero attached hydrogens (tertiary/aromatic N) is 2. The number of amides is 1. The number of hydrogen-bond donors (Lipinski definition) is 2. The van der Waals surface area contributed by atoms with Gasteiger partial charge in [-0.2, -0.15) is 0 Å². The van der Waals surface area contributed by atoms with Crippen molar-refractivity contribution in [1.82, 2.24) is 9.80 Å². The number of carbonyl (C=O) groups is 2. The first-order valence-electron chi connectivity index (χ1n) is 11.4. The minimum atomic E-state index is -0.743. The largest absolute Gasteiger partial charge is 0.508 e. The molecule has 1 unspecified atom stereocenters. The van der Waals surface area contributed by atoms with E-state index >= 15 is 0 Å². The van der Waals surface area contributed by atoms with Gasteiger partial charge in [0.15, 0.2) is 0 Å². The van der Waals surface area contributed by atoms with Gasteiger partial charge in [-0.25, -0.2) is 0 Å². The third-order valence-electron chi connectivity index (χ3n) is 6.39. The first-order valence-corrected chi connectivity index (χ1v) is 11.4. The number of aliphatic hydroxyl groups excluding tert-OH is 1. The number of ether oxygens (including phenoxy) is 2. The van der Waals surface area contributed by atoms with Gasteiger partial charge in [0.05, 0.1) is 31.9 Å². The zero-order valence-corrected chi connectivity index (χ0v) is 19.5. The maximum atomic E-state index is 13.1. The summed E-state index contributed by atoms with van der Waals surface area (Å²) in [5, 5.41) is 20.9. The molecule has 0 saturated carbocycles. The highest BCUT2D eigenvalue weighted by Crippen LogP contribution is 2.40. The third kappa shape index (κ3) is 4.78. The molecule has 4 rings (SSSR count). The topological polar surface area (TPSA) is 99.5 Å². The Balaban J connectivity index is 1.68. The zero-order chi connectivity index (χ0) is 24.2. The lowest BCUT2D eigenvalue weighted by atomic mass is 9.94. The fourth-order valence-corrected chi connectivity index (χ4v) is 4.58. The van der Waals surface area contributed by atoms with E-state index in [0.29, 0.717) is 43.1 Å². The Morgan fingerprint density at radius 2 is 1.79 bits per heavy atom. The van der Waals surface area contributed by atoms with Gasteiger partial charge in [-0.05, 0) is 54.8 Å². The van der Waals surface area contributed by atoms with Crippen LogP contribution in [0.5, 0.6) is 11.5 Å². The zero-order valence-electron chi connectivity index (χ0n) is 19.5. The molecular weight excluding hydrogens is 436 g/mol. The van der Waals surface area contributed by atoms with Crippen molar-refractivity contribution < 1.29 is 29.3 Å². The lowest BCUT2D eigenvalue weighted by Gasteiger charge is -2.29. The van der Waals surface area contributed by atoms with Gasteiger partial charge in [-0.3, -0.25) is 14.5 Å². The molecule has 0 bridgehead atoms. The number of phenols is 1. The fourth-order valence-electron chi connectivity index (χ4n) is 4.58. The smallest absolute Gasteiger partial charge is 0.295 e. The second kappa shape index (κ2) is 10.3. The summed E-state index contributed by atoms with van der Waals surface area (Å²) in [7, 11) is 1.56. The molecule has 2 aromatic carbocycles. The fraction of sp³-hybridized carbons (Fsp3) is 0.385. The van der Waals surface area contributed by atoms with Crippen LogP contribution >= 0.6 is 0 Å². The predicted octanol–water partition coefficient (Wildman–Crippen LogP) is 2.85. The van der Waals surface area contributed by atoms with Gasteiger partial charge in [0.1, 0.15) is 17.3 Å². The second-order valence-electron chi connectivity index (χ2n) is 8.58. The number of ketones is 1. The molecule has 2 aromatic rings. The minimum absolute atomic E-state index is 0.0478. The van der Waals surface area contributed by atoms with Crippen LogP contribution in [0.4, 0.5) is 0 Å². The standard InChI is InChI=1S/C26H30N2O6/c1-17-16-19(6-9-21(17)33-2)24(30)22-23(18-4-7-20(29)8-5-18)28(26(32)25(22)31)11-3-10-27-12-14-34-15-13-27/h4-9,16,23,29-30H,3,10-15H2,1-2H3/b24-22+. The molecule has 0 radical (unpaired) electrons. The van der Waals surface area contributed by atoms with Gasteiger partial charge in [0.2, 0.25) is 0 Å². The highest BCUT2D eigenvalue weighted by molar-refractivity contribution is 6.46. The quantitative estimate of drug-likeness (QED) is 0.368. The van der Waals surface area contributed by atoms with Crippen molar-refractivity contribution in [3.05, 3.63) is 64.7 Å². The number of phenolic OH excluding ortho intramolecular Hbond substituents is 1. The number of aryl methyl sites for hydroxylation is 1. The van der Waals surface area contributed by atoms with E-state index in [-0.39, 0.29) is 17.1 Å².